The molecule has 2 aromatic heterocycles. The molecule has 1 aliphatic heterocycles. The molecule has 0 aliphatic carbocycles. The minimum absolute atomic E-state index is 0.00316. The first kappa shape index (κ1) is 22.6. The predicted molar refractivity (Wildman–Crippen MR) is 125 cm³/mol. The van der Waals surface area contributed by atoms with Crippen molar-refractivity contribution in [1.29, 1.82) is 0 Å². The summed E-state index contributed by atoms with van der Waals surface area (Å²) in [5, 5.41) is 7.56. The number of carbonyl (C=O) groups excluding carboxylic acids is 2. The number of Topliss-reactive ketones (excluding diaryl/α,β-unsaturated/α-hetero) is 1. The lowest BCUT2D eigenvalue weighted by atomic mass is 10.1. The maximum absolute atomic E-state index is 12.5. The van der Waals surface area contributed by atoms with Crippen LogP contribution in [0.25, 0.3) is 5.82 Å². The molecule has 3 heterocycles. The summed E-state index contributed by atoms with van der Waals surface area (Å²) in [4.78, 5) is 34.9. The molecule has 0 spiro atoms. The Morgan fingerprint density at radius 2 is 1.76 bits per heavy atom. The van der Waals surface area contributed by atoms with Gasteiger partial charge in [0.05, 0.1) is 18.9 Å². The average molecular weight is 449 g/mol. The zero-order valence-electron chi connectivity index (χ0n) is 19.2. The maximum atomic E-state index is 12.5. The molecular weight excluding hydrogens is 420 g/mol. The predicted octanol–water partition coefficient (Wildman–Crippen LogP) is 2.89. The van der Waals surface area contributed by atoms with E-state index >= 15 is 0 Å². The van der Waals surface area contributed by atoms with Gasteiger partial charge in [-0.05, 0) is 57.0 Å². The van der Waals surface area contributed by atoms with Gasteiger partial charge in [-0.1, -0.05) is 0 Å². The molecule has 0 saturated carbocycles. The van der Waals surface area contributed by atoms with Crippen molar-refractivity contribution in [1.82, 2.24) is 19.7 Å². The van der Waals surface area contributed by atoms with Gasteiger partial charge in [0.25, 0.3) is 0 Å². The van der Waals surface area contributed by atoms with Crippen molar-refractivity contribution in [3.05, 3.63) is 59.2 Å². The quantitative estimate of drug-likeness (QED) is 0.555. The van der Waals surface area contributed by atoms with E-state index in [4.69, 9.17) is 4.74 Å². The number of amides is 1. The van der Waals surface area contributed by atoms with E-state index in [2.05, 4.69) is 25.3 Å². The van der Waals surface area contributed by atoms with Crippen LogP contribution in [0.3, 0.4) is 0 Å². The Hall–Kier alpha value is -3.59. The molecule has 4 rings (SSSR count). The molecule has 1 N–H and O–H groups in total. The van der Waals surface area contributed by atoms with Gasteiger partial charge < -0.3 is 15.0 Å². The Morgan fingerprint density at radius 3 is 2.45 bits per heavy atom. The van der Waals surface area contributed by atoms with E-state index < -0.39 is 0 Å². The smallest absolute Gasteiger partial charge is 0.224 e. The van der Waals surface area contributed by atoms with Crippen molar-refractivity contribution in [3.8, 4) is 5.82 Å². The van der Waals surface area contributed by atoms with E-state index in [1.165, 1.54) is 6.92 Å². The second-order valence-corrected chi connectivity index (χ2v) is 8.08. The summed E-state index contributed by atoms with van der Waals surface area (Å²) >= 11 is 0. The summed E-state index contributed by atoms with van der Waals surface area (Å²) in [5.74, 6) is 1.46. The van der Waals surface area contributed by atoms with E-state index in [0.717, 1.165) is 35.9 Å². The summed E-state index contributed by atoms with van der Waals surface area (Å²) in [6.07, 6.45) is 2.45. The number of ketones is 1. The number of benzene rings is 1. The van der Waals surface area contributed by atoms with Crippen LogP contribution in [0.1, 0.15) is 40.7 Å². The normalized spacial score (nSPS) is 13.7. The average Bonchev–Trinajstić information content (AvgIpc) is 3.12. The van der Waals surface area contributed by atoms with Crippen LogP contribution in [-0.4, -0.2) is 57.7 Å². The second kappa shape index (κ2) is 9.91. The number of hydrogen-bond donors (Lipinski definition) is 1. The van der Waals surface area contributed by atoms with Gasteiger partial charge in [-0.2, -0.15) is 5.10 Å². The summed E-state index contributed by atoms with van der Waals surface area (Å²) in [5.41, 5.74) is 4.15. The number of carbonyl (C=O) groups is 2. The Balaban J connectivity index is 1.43. The van der Waals surface area contributed by atoms with Crippen molar-refractivity contribution < 1.29 is 14.3 Å². The third kappa shape index (κ3) is 5.25. The van der Waals surface area contributed by atoms with E-state index in [0.29, 0.717) is 43.1 Å². The van der Waals surface area contributed by atoms with Crippen molar-refractivity contribution >= 4 is 23.2 Å². The van der Waals surface area contributed by atoms with E-state index in [9.17, 15) is 9.59 Å². The third-order valence-corrected chi connectivity index (χ3v) is 5.81. The molecule has 1 saturated heterocycles. The number of morpholine rings is 1. The first-order chi connectivity index (χ1) is 15.9. The standard InChI is InChI=1S/C24H28N6O3/c1-16-21(8-9-24(32)27-20-6-4-19(5-7-20)18(3)31)17(2)30(28-16)23-14-22(25-15-26-23)29-10-12-33-13-11-29/h4-7,14-15H,8-13H2,1-3H3,(H,27,32). The Morgan fingerprint density at radius 1 is 1.06 bits per heavy atom. The Labute approximate surface area is 192 Å². The molecule has 1 amide bonds. The largest absolute Gasteiger partial charge is 0.378 e. The number of aromatic nitrogens is 4. The molecule has 0 atom stereocenters. The highest BCUT2D eigenvalue weighted by Gasteiger charge is 2.18. The topological polar surface area (TPSA) is 102 Å². The van der Waals surface area contributed by atoms with Crippen molar-refractivity contribution in [2.24, 2.45) is 0 Å². The monoisotopic (exact) mass is 448 g/mol. The molecule has 0 radical (unpaired) electrons. The fourth-order valence-corrected chi connectivity index (χ4v) is 3.93. The van der Waals surface area contributed by atoms with Crippen LogP contribution >= 0.6 is 0 Å². The summed E-state index contributed by atoms with van der Waals surface area (Å²) in [6, 6.07) is 8.84. The molecule has 3 aromatic rings. The summed E-state index contributed by atoms with van der Waals surface area (Å²) < 4.78 is 7.24. The fourth-order valence-electron chi connectivity index (χ4n) is 3.93. The lowest BCUT2D eigenvalue weighted by molar-refractivity contribution is -0.116. The van der Waals surface area contributed by atoms with Crippen LogP contribution in [0.4, 0.5) is 11.5 Å². The third-order valence-electron chi connectivity index (χ3n) is 5.81. The van der Waals surface area contributed by atoms with Crippen LogP contribution in [0.5, 0.6) is 0 Å². The Kier molecular flexibility index (Phi) is 6.79. The number of hydrogen-bond acceptors (Lipinski definition) is 7. The number of nitrogens with zero attached hydrogens (tertiary/aromatic N) is 5. The van der Waals surface area contributed by atoms with E-state index in [-0.39, 0.29) is 11.7 Å². The number of ether oxygens (including phenoxy) is 1. The van der Waals surface area contributed by atoms with Gasteiger partial charge in [0.2, 0.25) is 5.91 Å². The lowest BCUT2D eigenvalue weighted by Gasteiger charge is -2.27. The number of anilines is 2. The zero-order chi connectivity index (χ0) is 23.4. The maximum Gasteiger partial charge on any atom is 0.224 e. The van der Waals surface area contributed by atoms with Crippen LogP contribution < -0.4 is 10.2 Å². The van der Waals surface area contributed by atoms with Gasteiger partial charge in [0.15, 0.2) is 11.6 Å². The molecule has 33 heavy (non-hydrogen) atoms. The van der Waals surface area contributed by atoms with Crippen LogP contribution in [0.15, 0.2) is 36.7 Å². The fraction of sp³-hybridized carbons (Fsp3) is 0.375. The molecule has 1 aliphatic rings. The van der Waals surface area contributed by atoms with Gasteiger partial charge in [-0.25, -0.2) is 14.6 Å². The van der Waals surface area contributed by atoms with Crippen molar-refractivity contribution in [2.75, 3.05) is 36.5 Å². The summed E-state index contributed by atoms with van der Waals surface area (Å²) in [6.45, 7) is 8.42. The minimum Gasteiger partial charge on any atom is -0.378 e. The first-order valence-electron chi connectivity index (χ1n) is 11.0. The number of rotatable bonds is 7. The molecular formula is C24H28N6O3. The van der Waals surface area contributed by atoms with Gasteiger partial charge in [-0.3, -0.25) is 9.59 Å². The highest BCUT2D eigenvalue weighted by atomic mass is 16.5. The number of nitrogens with one attached hydrogen (secondary N) is 1. The Bertz CT molecular complexity index is 1150. The first-order valence-corrected chi connectivity index (χ1v) is 11.0. The van der Waals surface area contributed by atoms with Crippen molar-refractivity contribution in [2.45, 2.75) is 33.6 Å². The van der Waals surface area contributed by atoms with Crippen LogP contribution in [0.2, 0.25) is 0 Å². The van der Waals surface area contributed by atoms with Crippen LogP contribution in [0, 0.1) is 13.8 Å². The van der Waals surface area contributed by atoms with Gasteiger partial charge >= 0.3 is 0 Å². The van der Waals surface area contributed by atoms with E-state index in [1.807, 2.05) is 24.6 Å². The van der Waals surface area contributed by atoms with E-state index in [1.54, 1.807) is 30.6 Å². The van der Waals surface area contributed by atoms with Crippen molar-refractivity contribution in [3.63, 3.8) is 0 Å². The highest BCUT2D eigenvalue weighted by molar-refractivity contribution is 5.95. The second-order valence-electron chi connectivity index (χ2n) is 8.08. The zero-order valence-corrected chi connectivity index (χ0v) is 19.2. The number of aryl methyl sites for hydroxylation is 1. The molecule has 0 unspecified atom stereocenters. The van der Waals surface area contributed by atoms with Crippen LogP contribution in [-0.2, 0) is 16.0 Å². The molecule has 172 valence electrons. The highest BCUT2D eigenvalue weighted by Crippen LogP contribution is 2.21. The molecule has 1 aromatic carbocycles. The lowest BCUT2D eigenvalue weighted by Crippen LogP contribution is -2.36. The molecule has 9 nitrogen and oxygen atoms in total. The SMILES string of the molecule is CC(=O)c1ccc(NC(=O)CCc2c(C)nn(-c3cc(N4CCOCC4)ncn3)c2C)cc1. The van der Waals surface area contributed by atoms with Gasteiger partial charge in [-0.15, -0.1) is 0 Å². The summed E-state index contributed by atoms with van der Waals surface area (Å²) in [7, 11) is 0. The molecule has 9 heteroatoms. The van der Waals surface area contributed by atoms with Gasteiger partial charge in [0, 0.05) is 42.5 Å². The molecule has 0 bridgehead atoms. The molecule has 1 fully saturated rings. The van der Waals surface area contributed by atoms with Gasteiger partial charge in [0.1, 0.15) is 12.1 Å². The minimum atomic E-state index is -0.0891.